The van der Waals surface area contributed by atoms with Crippen molar-refractivity contribution in [1.29, 1.82) is 0 Å². The number of thiophene rings is 1. The minimum atomic E-state index is -0.337. The van der Waals surface area contributed by atoms with Crippen LogP contribution in [0.5, 0.6) is 11.5 Å². The van der Waals surface area contributed by atoms with Gasteiger partial charge in [0.15, 0.2) is 5.69 Å². The lowest BCUT2D eigenvalue weighted by atomic mass is 10.2. The zero-order valence-corrected chi connectivity index (χ0v) is 15.4. The van der Waals surface area contributed by atoms with Crippen LogP contribution in [0.1, 0.15) is 10.5 Å². The van der Waals surface area contributed by atoms with Crippen molar-refractivity contribution in [1.82, 2.24) is 9.78 Å². The van der Waals surface area contributed by atoms with Gasteiger partial charge >= 0.3 is 0 Å². The lowest BCUT2D eigenvalue weighted by Crippen LogP contribution is -2.13. The quantitative estimate of drug-likeness (QED) is 0.727. The smallest absolute Gasteiger partial charge is 0.276 e. The Labute approximate surface area is 153 Å². The van der Waals surface area contributed by atoms with E-state index in [-0.39, 0.29) is 5.91 Å². The number of hydrogen-bond acceptors (Lipinski definition) is 5. The summed E-state index contributed by atoms with van der Waals surface area (Å²) >= 11 is 7.42. The van der Waals surface area contributed by atoms with Gasteiger partial charge < -0.3 is 14.8 Å². The normalized spacial score (nSPS) is 10.6. The summed E-state index contributed by atoms with van der Waals surface area (Å²) in [5.74, 6) is 0.817. The van der Waals surface area contributed by atoms with Crippen molar-refractivity contribution in [3.05, 3.63) is 46.4 Å². The number of hydrogen-bond donors (Lipinski definition) is 1. The van der Waals surface area contributed by atoms with Gasteiger partial charge in [0, 0.05) is 13.1 Å². The number of amides is 1. The highest BCUT2D eigenvalue weighted by atomic mass is 35.5. The molecule has 25 heavy (non-hydrogen) atoms. The van der Waals surface area contributed by atoms with Crippen LogP contribution in [-0.4, -0.2) is 29.9 Å². The maximum absolute atomic E-state index is 12.6. The molecular weight excluding hydrogens is 362 g/mol. The molecule has 1 aromatic carbocycles. The van der Waals surface area contributed by atoms with Gasteiger partial charge in [-0.1, -0.05) is 11.6 Å². The summed E-state index contributed by atoms with van der Waals surface area (Å²) in [6.45, 7) is 0. The van der Waals surface area contributed by atoms with Crippen molar-refractivity contribution in [2.24, 2.45) is 7.05 Å². The third-order valence-electron chi connectivity index (χ3n) is 3.59. The van der Waals surface area contributed by atoms with Crippen LogP contribution in [0.3, 0.4) is 0 Å². The highest BCUT2D eigenvalue weighted by Gasteiger charge is 2.17. The van der Waals surface area contributed by atoms with Gasteiger partial charge in [0.05, 0.1) is 34.8 Å². The minimum absolute atomic E-state index is 0.298. The van der Waals surface area contributed by atoms with Gasteiger partial charge in [-0.3, -0.25) is 9.48 Å². The number of aromatic nitrogens is 2. The second-order valence-corrected chi connectivity index (χ2v) is 6.88. The Morgan fingerprint density at radius 2 is 2.00 bits per heavy atom. The van der Waals surface area contributed by atoms with Gasteiger partial charge in [0.25, 0.3) is 5.91 Å². The first-order valence-corrected chi connectivity index (χ1v) is 8.54. The Hall–Kier alpha value is -2.51. The molecule has 2 heterocycles. The van der Waals surface area contributed by atoms with Crippen LogP contribution in [0.4, 0.5) is 5.69 Å². The largest absolute Gasteiger partial charge is 0.497 e. The summed E-state index contributed by atoms with van der Waals surface area (Å²) in [6, 6.07) is 10.6. The van der Waals surface area contributed by atoms with Crippen molar-refractivity contribution in [3.63, 3.8) is 0 Å². The average molecular weight is 378 g/mol. The molecule has 8 heteroatoms. The van der Waals surface area contributed by atoms with Crippen LogP contribution in [0.15, 0.2) is 36.4 Å². The van der Waals surface area contributed by atoms with E-state index < -0.39 is 0 Å². The molecule has 3 rings (SSSR count). The molecule has 0 saturated heterocycles. The zero-order chi connectivity index (χ0) is 18.0. The molecule has 0 atom stereocenters. The molecule has 0 fully saturated rings. The predicted octanol–water partition coefficient (Wildman–Crippen LogP) is 4.07. The van der Waals surface area contributed by atoms with Crippen molar-refractivity contribution >= 4 is 34.5 Å². The van der Waals surface area contributed by atoms with Crippen LogP contribution < -0.4 is 14.8 Å². The summed E-state index contributed by atoms with van der Waals surface area (Å²) in [4.78, 5) is 13.5. The highest BCUT2D eigenvalue weighted by molar-refractivity contribution is 7.19. The number of halogens is 1. The van der Waals surface area contributed by atoms with Gasteiger partial charge in [-0.25, -0.2) is 0 Å². The fourth-order valence-electron chi connectivity index (χ4n) is 2.36. The van der Waals surface area contributed by atoms with Crippen LogP contribution in [0, 0.1) is 0 Å². The van der Waals surface area contributed by atoms with Crippen molar-refractivity contribution < 1.29 is 14.3 Å². The second kappa shape index (κ2) is 7.16. The first kappa shape index (κ1) is 17.3. The topological polar surface area (TPSA) is 65.4 Å². The van der Waals surface area contributed by atoms with E-state index in [2.05, 4.69) is 10.4 Å². The maximum atomic E-state index is 12.6. The molecule has 2 aromatic heterocycles. The Morgan fingerprint density at radius 3 is 2.64 bits per heavy atom. The molecule has 3 aromatic rings. The number of ether oxygens (including phenoxy) is 2. The van der Waals surface area contributed by atoms with Crippen LogP contribution in [0.25, 0.3) is 10.6 Å². The van der Waals surface area contributed by atoms with E-state index in [1.807, 2.05) is 12.1 Å². The Balaban J connectivity index is 1.87. The van der Waals surface area contributed by atoms with E-state index >= 15 is 0 Å². The van der Waals surface area contributed by atoms with E-state index in [0.717, 1.165) is 10.6 Å². The van der Waals surface area contributed by atoms with Gasteiger partial charge in [-0.2, -0.15) is 5.10 Å². The summed E-state index contributed by atoms with van der Waals surface area (Å²) < 4.78 is 12.8. The number of carbonyl (C=O) groups excluding carboxylic acids is 1. The summed E-state index contributed by atoms with van der Waals surface area (Å²) in [5, 5.41) is 7.09. The summed E-state index contributed by atoms with van der Waals surface area (Å²) in [7, 11) is 4.88. The molecule has 0 unspecified atom stereocenters. The maximum Gasteiger partial charge on any atom is 0.276 e. The lowest BCUT2D eigenvalue weighted by molar-refractivity contribution is 0.102. The summed E-state index contributed by atoms with van der Waals surface area (Å²) in [5.41, 5.74) is 1.63. The van der Waals surface area contributed by atoms with Crippen LogP contribution in [-0.2, 0) is 7.05 Å². The SMILES string of the molecule is COc1ccc(OC)c(NC(=O)c2cc(-c3ccc(Cl)s3)n(C)n2)c1. The molecule has 0 bridgehead atoms. The average Bonchev–Trinajstić information content (AvgIpc) is 3.20. The van der Waals surface area contributed by atoms with Gasteiger partial charge in [-0.05, 0) is 30.3 Å². The number of carbonyl (C=O) groups is 1. The molecular formula is C17H16ClN3O3S. The Bertz CT molecular complexity index is 920. The monoisotopic (exact) mass is 377 g/mol. The Morgan fingerprint density at radius 1 is 1.20 bits per heavy atom. The number of methoxy groups -OCH3 is 2. The summed E-state index contributed by atoms with van der Waals surface area (Å²) in [6.07, 6.45) is 0. The fourth-order valence-corrected chi connectivity index (χ4v) is 3.45. The number of anilines is 1. The molecule has 0 spiro atoms. The van der Waals surface area contributed by atoms with Crippen molar-refractivity contribution in [2.75, 3.05) is 19.5 Å². The molecule has 6 nitrogen and oxygen atoms in total. The molecule has 1 amide bonds. The van der Waals surface area contributed by atoms with E-state index in [1.54, 1.807) is 43.1 Å². The minimum Gasteiger partial charge on any atom is -0.497 e. The van der Waals surface area contributed by atoms with Gasteiger partial charge in [0.1, 0.15) is 11.5 Å². The van der Waals surface area contributed by atoms with Gasteiger partial charge in [-0.15, -0.1) is 11.3 Å². The number of rotatable bonds is 5. The van der Waals surface area contributed by atoms with Crippen molar-refractivity contribution in [2.45, 2.75) is 0 Å². The molecule has 0 aliphatic heterocycles. The van der Waals surface area contributed by atoms with E-state index in [4.69, 9.17) is 21.1 Å². The molecule has 0 aliphatic carbocycles. The third-order valence-corrected chi connectivity index (χ3v) is 4.85. The van der Waals surface area contributed by atoms with Gasteiger partial charge in [0.2, 0.25) is 0 Å². The first-order chi connectivity index (χ1) is 12.0. The van der Waals surface area contributed by atoms with Crippen molar-refractivity contribution in [3.8, 4) is 22.1 Å². The number of nitrogens with one attached hydrogen (secondary N) is 1. The molecule has 0 saturated carbocycles. The molecule has 0 aliphatic rings. The highest BCUT2D eigenvalue weighted by Crippen LogP contribution is 2.32. The lowest BCUT2D eigenvalue weighted by Gasteiger charge is -2.10. The third kappa shape index (κ3) is 3.62. The second-order valence-electron chi connectivity index (χ2n) is 5.16. The zero-order valence-electron chi connectivity index (χ0n) is 13.9. The number of benzene rings is 1. The van der Waals surface area contributed by atoms with E-state index in [0.29, 0.717) is 27.2 Å². The molecule has 0 radical (unpaired) electrons. The Kier molecular flexibility index (Phi) is 4.96. The van der Waals surface area contributed by atoms with E-state index in [1.165, 1.54) is 18.4 Å². The van der Waals surface area contributed by atoms with E-state index in [9.17, 15) is 4.79 Å². The first-order valence-electron chi connectivity index (χ1n) is 7.35. The standard InChI is InChI=1S/C17H16ClN3O3S/c1-21-13(15-6-7-16(18)25-15)9-12(20-21)17(22)19-11-8-10(23-2)4-5-14(11)24-3/h4-9H,1-3H3,(H,19,22). The number of nitrogens with zero attached hydrogens (tertiary/aromatic N) is 2. The van der Waals surface area contributed by atoms with Crippen LogP contribution >= 0.6 is 22.9 Å². The number of aryl methyl sites for hydroxylation is 1. The fraction of sp³-hybridized carbons (Fsp3) is 0.176. The van der Waals surface area contributed by atoms with Crippen LogP contribution in [0.2, 0.25) is 4.34 Å². The molecule has 130 valence electrons. The predicted molar refractivity (Wildman–Crippen MR) is 99.0 cm³/mol. The molecule has 1 N–H and O–H groups in total.